The SMILES string of the molecule is CC(Oc1cccnc1)c1ccc(Br)cn1. The van der Waals surface area contributed by atoms with Gasteiger partial charge in [0, 0.05) is 16.9 Å². The molecule has 0 aromatic carbocycles. The smallest absolute Gasteiger partial charge is 0.138 e. The minimum atomic E-state index is -0.0858. The summed E-state index contributed by atoms with van der Waals surface area (Å²) < 4.78 is 6.66. The quantitative estimate of drug-likeness (QED) is 0.864. The maximum Gasteiger partial charge on any atom is 0.138 e. The van der Waals surface area contributed by atoms with Gasteiger partial charge in [-0.2, -0.15) is 0 Å². The van der Waals surface area contributed by atoms with E-state index >= 15 is 0 Å². The second-order valence-corrected chi connectivity index (χ2v) is 4.27. The van der Waals surface area contributed by atoms with E-state index in [1.807, 2.05) is 31.2 Å². The normalized spacial score (nSPS) is 12.1. The fraction of sp³-hybridized carbons (Fsp3) is 0.167. The number of aromatic nitrogens is 2. The number of nitrogens with zero attached hydrogens (tertiary/aromatic N) is 2. The summed E-state index contributed by atoms with van der Waals surface area (Å²) in [4.78, 5) is 8.27. The van der Waals surface area contributed by atoms with Crippen LogP contribution in [0.1, 0.15) is 18.7 Å². The van der Waals surface area contributed by atoms with Gasteiger partial charge in [-0.15, -0.1) is 0 Å². The number of halogens is 1. The third-order valence-electron chi connectivity index (χ3n) is 2.11. The van der Waals surface area contributed by atoms with Gasteiger partial charge in [0.2, 0.25) is 0 Å². The zero-order valence-corrected chi connectivity index (χ0v) is 10.4. The molecule has 3 nitrogen and oxygen atoms in total. The summed E-state index contributed by atoms with van der Waals surface area (Å²) in [6, 6.07) is 7.61. The highest BCUT2D eigenvalue weighted by atomic mass is 79.9. The summed E-state index contributed by atoms with van der Waals surface area (Å²) in [7, 11) is 0. The van der Waals surface area contributed by atoms with Gasteiger partial charge in [-0.3, -0.25) is 9.97 Å². The van der Waals surface area contributed by atoms with Crippen molar-refractivity contribution in [1.29, 1.82) is 0 Å². The molecule has 0 saturated heterocycles. The largest absolute Gasteiger partial charge is 0.483 e. The number of hydrogen-bond donors (Lipinski definition) is 0. The molecule has 0 N–H and O–H groups in total. The van der Waals surface area contributed by atoms with Gasteiger partial charge in [0.15, 0.2) is 0 Å². The van der Waals surface area contributed by atoms with Crippen molar-refractivity contribution >= 4 is 15.9 Å². The van der Waals surface area contributed by atoms with Gasteiger partial charge in [-0.05, 0) is 47.1 Å². The molecular weight excluding hydrogens is 268 g/mol. The Kier molecular flexibility index (Phi) is 3.51. The van der Waals surface area contributed by atoms with Gasteiger partial charge in [-0.1, -0.05) is 0 Å². The van der Waals surface area contributed by atoms with E-state index in [9.17, 15) is 0 Å². The third-order valence-corrected chi connectivity index (χ3v) is 2.58. The van der Waals surface area contributed by atoms with E-state index in [0.717, 1.165) is 15.9 Å². The van der Waals surface area contributed by atoms with Crippen molar-refractivity contribution in [2.75, 3.05) is 0 Å². The first kappa shape index (κ1) is 11.1. The van der Waals surface area contributed by atoms with E-state index in [0.29, 0.717) is 0 Å². The summed E-state index contributed by atoms with van der Waals surface area (Å²) in [5.74, 6) is 0.750. The lowest BCUT2D eigenvalue weighted by atomic mass is 10.2. The number of rotatable bonds is 3. The highest BCUT2D eigenvalue weighted by Crippen LogP contribution is 2.19. The Morgan fingerprint density at radius 2 is 2.12 bits per heavy atom. The molecule has 2 rings (SSSR count). The second kappa shape index (κ2) is 5.07. The molecule has 0 fully saturated rings. The van der Waals surface area contributed by atoms with Gasteiger partial charge in [0.25, 0.3) is 0 Å². The molecule has 0 saturated carbocycles. The van der Waals surface area contributed by atoms with Crippen LogP contribution in [-0.4, -0.2) is 9.97 Å². The molecule has 1 unspecified atom stereocenters. The molecule has 82 valence electrons. The maximum absolute atomic E-state index is 5.70. The van der Waals surface area contributed by atoms with Crippen LogP contribution in [0.2, 0.25) is 0 Å². The van der Waals surface area contributed by atoms with Crippen LogP contribution in [0.25, 0.3) is 0 Å². The average molecular weight is 279 g/mol. The predicted molar refractivity (Wildman–Crippen MR) is 65.2 cm³/mol. The molecule has 0 bridgehead atoms. The lowest BCUT2D eigenvalue weighted by Gasteiger charge is -2.13. The highest BCUT2D eigenvalue weighted by molar-refractivity contribution is 9.10. The zero-order chi connectivity index (χ0) is 11.4. The summed E-state index contributed by atoms with van der Waals surface area (Å²) in [5, 5.41) is 0. The van der Waals surface area contributed by atoms with Crippen molar-refractivity contribution < 1.29 is 4.74 Å². The molecule has 0 radical (unpaired) electrons. The molecule has 2 aromatic rings. The van der Waals surface area contributed by atoms with Crippen molar-refractivity contribution in [3.63, 3.8) is 0 Å². The minimum absolute atomic E-state index is 0.0858. The fourth-order valence-electron chi connectivity index (χ4n) is 1.31. The predicted octanol–water partition coefficient (Wildman–Crippen LogP) is 3.38. The Morgan fingerprint density at radius 1 is 1.25 bits per heavy atom. The van der Waals surface area contributed by atoms with Crippen LogP contribution in [0.15, 0.2) is 47.3 Å². The van der Waals surface area contributed by atoms with Crippen LogP contribution < -0.4 is 4.74 Å². The molecule has 4 heteroatoms. The topological polar surface area (TPSA) is 35.0 Å². The lowest BCUT2D eigenvalue weighted by Crippen LogP contribution is -2.05. The summed E-state index contributed by atoms with van der Waals surface area (Å²) >= 11 is 3.35. The van der Waals surface area contributed by atoms with Crippen LogP contribution >= 0.6 is 15.9 Å². The summed E-state index contributed by atoms with van der Waals surface area (Å²) in [6.45, 7) is 1.96. The maximum atomic E-state index is 5.70. The van der Waals surface area contributed by atoms with Crippen LogP contribution in [0.4, 0.5) is 0 Å². The lowest BCUT2D eigenvalue weighted by molar-refractivity contribution is 0.221. The summed E-state index contributed by atoms with van der Waals surface area (Å²) in [6.07, 6.45) is 5.08. The van der Waals surface area contributed by atoms with Crippen molar-refractivity contribution in [3.05, 3.63) is 53.0 Å². The van der Waals surface area contributed by atoms with Crippen LogP contribution in [-0.2, 0) is 0 Å². The second-order valence-electron chi connectivity index (χ2n) is 3.35. The van der Waals surface area contributed by atoms with Crippen LogP contribution in [0, 0.1) is 0 Å². The zero-order valence-electron chi connectivity index (χ0n) is 8.80. The van der Waals surface area contributed by atoms with Crippen LogP contribution in [0.3, 0.4) is 0 Å². The number of hydrogen-bond acceptors (Lipinski definition) is 3. The molecular formula is C12H11BrN2O. The number of ether oxygens (including phenoxy) is 1. The molecule has 0 aliphatic heterocycles. The van der Waals surface area contributed by atoms with Gasteiger partial charge in [0.05, 0.1) is 11.9 Å². The molecule has 1 atom stereocenters. The van der Waals surface area contributed by atoms with Gasteiger partial charge < -0.3 is 4.74 Å². The Balaban J connectivity index is 2.09. The van der Waals surface area contributed by atoms with Gasteiger partial charge in [-0.25, -0.2) is 0 Å². The van der Waals surface area contributed by atoms with E-state index in [-0.39, 0.29) is 6.10 Å². The van der Waals surface area contributed by atoms with Crippen LogP contribution in [0.5, 0.6) is 5.75 Å². The van der Waals surface area contributed by atoms with Crippen molar-refractivity contribution in [2.45, 2.75) is 13.0 Å². The van der Waals surface area contributed by atoms with Gasteiger partial charge in [0.1, 0.15) is 11.9 Å². The minimum Gasteiger partial charge on any atom is -0.483 e. The molecule has 0 amide bonds. The molecule has 16 heavy (non-hydrogen) atoms. The molecule has 0 spiro atoms. The monoisotopic (exact) mass is 278 g/mol. The van der Waals surface area contributed by atoms with Crippen molar-refractivity contribution in [3.8, 4) is 5.75 Å². The van der Waals surface area contributed by atoms with E-state index < -0.39 is 0 Å². The van der Waals surface area contributed by atoms with Crippen molar-refractivity contribution in [1.82, 2.24) is 9.97 Å². The Hall–Kier alpha value is -1.42. The Labute approximate surface area is 103 Å². The van der Waals surface area contributed by atoms with Gasteiger partial charge >= 0.3 is 0 Å². The van der Waals surface area contributed by atoms with E-state index in [1.54, 1.807) is 18.6 Å². The number of pyridine rings is 2. The van der Waals surface area contributed by atoms with E-state index in [1.165, 1.54) is 0 Å². The van der Waals surface area contributed by atoms with E-state index in [4.69, 9.17) is 4.74 Å². The molecule has 2 aromatic heterocycles. The van der Waals surface area contributed by atoms with E-state index in [2.05, 4.69) is 25.9 Å². The summed E-state index contributed by atoms with van der Waals surface area (Å²) in [5.41, 5.74) is 0.895. The first-order chi connectivity index (χ1) is 7.75. The third kappa shape index (κ3) is 2.79. The Bertz CT molecular complexity index is 444. The average Bonchev–Trinajstić information content (AvgIpc) is 2.31. The molecule has 2 heterocycles. The van der Waals surface area contributed by atoms with Crippen molar-refractivity contribution in [2.24, 2.45) is 0 Å². The first-order valence-corrected chi connectivity index (χ1v) is 5.73. The first-order valence-electron chi connectivity index (χ1n) is 4.94. The standard InChI is InChI=1S/C12H11BrN2O/c1-9(12-5-4-10(13)7-15-12)16-11-3-2-6-14-8-11/h2-9H,1H3. The highest BCUT2D eigenvalue weighted by Gasteiger charge is 2.08. The molecule has 0 aliphatic rings. The molecule has 0 aliphatic carbocycles. The fourth-order valence-corrected chi connectivity index (χ4v) is 1.54. The Morgan fingerprint density at radius 3 is 2.75 bits per heavy atom.